The molecule has 2 saturated heterocycles. The lowest BCUT2D eigenvalue weighted by molar-refractivity contribution is -0.137. The number of phenolic OH excluding ortho intramolecular Hbond substituents is 2. The first-order valence-corrected chi connectivity index (χ1v) is 19.8. The normalized spacial score (nSPS) is 18.2. The minimum absolute atomic E-state index is 0.0263. The summed E-state index contributed by atoms with van der Waals surface area (Å²) in [4.78, 5) is 80.5. The molecule has 4 aromatic rings. The van der Waals surface area contributed by atoms with Crippen LogP contribution in [0.3, 0.4) is 0 Å². The molecule has 2 fully saturated rings. The van der Waals surface area contributed by atoms with Crippen molar-refractivity contribution in [1.82, 2.24) is 35.2 Å². The highest BCUT2D eigenvalue weighted by atomic mass is 16.4. The predicted molar refractivity (Wildman–Crippen MR) is 213 cm³/mol. The third-order valence-corrected chi connectivity index (χ3v) is 11.4. The Bertz CT molecular complexity index is 2330. The van der Waals surface area contributed by atoms with Gasteiger partial charge in [-0.15, -0.1) is 10.2 Å². The average Bonchev–Trinajstić information content (AvgIpc) is 3.76. The Morgan fingerprint density at radius 3 is 2.31 bits per heavy atom. The molecule has 0 radical (unpaired) electrons. The number of benzene rings is 3. The average molecular weight is 807 g/mol. The van der Waals surface area contributed by atoms with Crippen LogP contribution in [0.25, 0.3) is 17.1 Å². The zero-order chi connectivity index (χ0) is 42.1. The van der Waals surface area contributed by atoms with E-state index in [9.17, 15) is 44.1 Å². The van der Waals surface area contributed by atoms with Gasteiger partial charge < -0.3 is 30.4 Å². The lowest BCUT2D eigenvalue weighted by atomic mass is 9.88. The lowest BCUT2D eigenvalue weighted by Gasteiger charge is -2.36. The van der Waals surface area contributed by atoms with E-state index in [1.807, 2.05) is 13.8 Å². The van der Waals surface area contributed by atoms with E-state index in [0.29, 0.717) is 73.3 Å². The van der Waals surface area contributed by atoms with Crippen LogP contribution in [-0.2, 0) is 9.59 Å². The smallest absolute Gasteiger partial charge is 0.409 e. The summed E-state index contributed by atoms with van der Waals surface area (Å²) in [5.41, 5.74) is 2.84. The monoisotopic (exact) mass is 806 g/mol. The number of rotatable bonds is 11. The van der Waals surface area contributed by atoms with Gasteiger partial charge in [0.25, 0.3) is 17.7 Å². The van der Waals surface area contributed by atoms with Crippen LogP contribution in [-0.4, -0.2) is 101 Å². The summed E-state index contributed by atoms with van der Waals surface area (Å²) in [6.45, 7) is 6.86. The largest absolute Gasteiger partial charge is 0.508 e. The molecule has 0 bridgehead atoms. The molecule has 308 valence electrons. The number of anilines is 1. The van der Waals surface area contributed by atoms with Crippen molar-refractivity contribution in [1.29, 1.82) is 0 Å². The van der Waals surface area contributed by atoms with Gasteiger partial charge in [0, 0.05) is 54.5 Å². The van der Waals surface area contributed by atoms with Gasteiger partial charge in [0.1, 0.15) is 17.5 Å². The molecule has 0 spiro atoms. The Morgan fingerprint density at radius 2 is 1.64 bits per heavy atom. The second kappa shape index (κ2) is 16.6. The highest BCUT2D eigenvalue weighted by Crippen LogP contribution is 2.45. The van der Waals surface area contributed by atoms with Crippen molar-refractivity contribution in [2.24, 2.45) is 5.92 Å². The van der Waals surface area contributed by atoms with Gasteiger partial charge in [0.2, 0.25) is 17.6 Å². The van der Waals surface area contributed by atoms with Crippen molar-refractivity contribution < 1.29 is 44.1 Å². The molecule has 2 atom stereocenters. The number of carbonyl (C=O) groups excluding carboxylic acids is 5. The number of hydrogen-bond donors (Lipinski definition) is 6. The maximum Gasteiger partial charge on any atom is 0.409 e. The zero-order valence-electron chi connectivity index (χ0n) is 32.9. The van der Waals surface area contributed by atoms with Gasteiger partial charge >= 0.3 is 6.09 Å². The van der Waals surface area contributed by atoms with Gasteiger partial charge in [-0.2, -0.15) is 0 Å². The first-order chi connectivity index (χ1) is 28.3. The van der Waals surface area contributed by atoms with Crippen LogP contribution in [0.5, 0.6) is 11.5 Å². The molecule has 2 unspecified atom stereocenters. The molecule has 1 aromatic heterocycles. The van der Waals surface area contributed by atoms with Crippen molar-refractivity contribution >= 4 is 41.3 Å². The molecule has 0 saturated carbocycles. The van der Waals surface area contributed by atoms with Gasteiger partial charge in [0.05, 0.1) is 17.3 Å². The summed E-state index contributed by atoms with van der Waals surface area (Å²) < 4.78 is 1.50. The second-order valence-electron chi connectivity index (χ2n) is 15.4. The molecule has 6 amide bonds. The Kier molecular flexibility index (Phi) is 11.4. The van der Waals surface area contributed by atoms with Crippen molar-refractivity contribution in [2.45, 2.75) is 77.3 Å². The van der Waals surface area contributed by atoms with Crippen LogP contribution in [0.15, 0.2) is 54.6 Å². The third kappa shape index (κ3) is 7.91. The number of aromatic nitrogens is 3. The van der Waals surface area contributed by atoms with E-state index in [-0.39, 0.29) is 70.9 Å². The number of hydrogen-bond acceptors (Lipinski definition) is 10. The summed E-state index contributed by atoms with van der Waals surface area (Å²) in [5, 5.41) is 46.7. The van der Waals surface area contributed by atoms with Gasteiger partial charge in [-0.1, -0.05) is 19.9 Å². The van der Waals surface area contributed by atoms with Crippen molar-refractivity contribution in [3.8, 4) is 28.6 Å². The quantitative estimate of drug-likeness (QED) is 0.111. The minimum Gasteiger partial charge on any atom is -0.508 e. The predicted octanol–water partition coefficient (Wildman–Crippen LogP) is 4.94. The second-order valence-corrected chi connectivity index (χ2v) is 15.4. The number of likely N-dealkylation sites (tertiary alicyclic amines) is 1. The molecule has 59 heavy (non-hydrogen) atoms. The molecule has 6 N–H and O–H groups in total. The number of imide groups is 1. The summed E-state index contributed by atoms with van der Waals surface area (Å²) in [7, 11) is 0. The van der Waals surface area contributed by atoms with Gasteiger partial charge in [0.15, 0.2) is 5.82 Å². The van der Waals surface area contributed by atoms with Crippen LogP contribution < -0.4 is 16.0 Å². The fraction of sp³-hybridized carbons (Fsp3) is 0.381. The van der Waals surface area contributed by atoms with Gasteiger partial charge in [-0.25, -0.2) is 4.79 Å². The standard InChI is InChI=1S/C42H46N8O9/c1-4-43-39(55)37-47-46-36(28-20-27(22(2)3)32(51)21-33(28)52)49(37)25-11-9-24(10-12-25)40(56)48-18-16-23(17-19-48)8-13-30-35-26(6-5-7-29(35)44-42(58)59)41(57)50(30)31-14-15-34(53)45-38(31)54/h5-7,9-12,20-23,30-31,44,51-52H,4,8,13-19H2,1-3H3,(H,43,55)(H,58,59)(H,45,53,54). The minimum atomic E-state index is -1.28. The topological polar surface area (TPSA) is 236 Å². The number of nitrogens with one attached hydrogen (secondary N) is 3. The Labute approximate surface area is 339 Å². The number of aromatic hydroxyl groups is 2. The maximum atomic E-state index is 13.8. The van der Waals surface area contributed by atoms with Gasteiger partial charge in [-0.05, 0) is 98.9 Å². The number of carbonyl (C=O) groups is 6. The van der Waals surface area contributed by atoms with Crippen LogP contribution >= 0.6 is 0 Å². The van der Waals surface area contributed by atoms with Crippen molar-refractivity contribution in [2.75, 3.05) is 25.0 Å². The molecule has 17 nitrogen and oxygen atoms in total. The Balaban J connectivity index is 1.06. The van der Waals surface area contributed by atoms with Crippen molar-refractivity contribution in [3.05, 3.63) is 82.7 Å². The van der Waals surface area contributed by atoms with Crippen LogP contribution in [0.1, 0.15) is 114 Å². The fourth-order valence-electron chi connectivity index (χ4n) is 8.42. The molecule has 7 rings (SSSR count). The maximum absolute atomic E-state index is 13.8. The molecule has 3 aliphatic heterocycles. The molecule has 0 aliphatic carbocycles. The zero-order valence-corrected chi connectivity index (χ0v) is 32.9. The van der Waals surface area contributed by atoms with Crippen LogP contribution in [0, 0.1) is 5.92 Å². The number of fused-ring (bicyclic) bond motifs is 1. The fourth-order valence-corrected chi connectivity index (χ4v) is 8.42. The molecular weight excluding hydrogens is 761 g/mol. The van der Waals surface area contributed by atoms with Crippen LogP contribution in [0.4, 0.5) is 10.5 Å². The Morgan fingerprint density at radius 1 is 0.915 bits per heavy atom. The number of amides is 6. The summed E-state index contributed by atoms with van der Waals surface area (Å²) >= 11 is 0. The summed E-state index contributed by atoms with van der Waals surface area (Å²) in [5.74, 6) is -2.08. The molecule has 4 heterocycles. The van der Waals surface area contributed by atoms with E-state index >= 15 is 0 Å². The third-order valence-electron chi connectivity index (χ3n) is 11.4. The van der Waals surface area contributed by atoms with E-state index in [1.165, 1.54) is 15.5 Å². The molecule has 3 aromatic carbocycles. The SMILES string of the molecule is CCNC(=O)c1nnc(-c2cc(C(C)C)c(O)cc2O)n1-c1ccc(C(=O)N2CCC(CCC3c4c(NC(=O)O)cccc4C(=O)N3C3CCC(=O)NC3=O)CC2)cc1. The van der Waals surface area contributed by atoms with Crippen LogP contribution in [0.2, 0.25) is 0 Å². The van der Waals surface area contributed by atoms with E-state index in [2.05, 4.69) is 26.1 Å². The number of phenols is 2. The lowest BCUT2D eigenvalue weighted by Crippen LogP contribution is -2.53. The first kappa shape index (κ1) is 40.4. The highest BCUT2D eigenvalue weighted by molar-refractivity contribution is 6.07. The van der Waals surface area contributed by atoms with Crippen molar-refractivity contribution in [3.63, 3.8) is 0 Å². The number of carboxylic acid groups (broad SMARTS) is 1. The molecule has 3 aliphatic rings. The first-order valence-electron chi connectivity index (χ1n) is 19.8. The molecule has 17 heteroatoms. The van der Waals surface area contributed by atoms with E-state index < -0.39 is 35.9 Å². The van der Waals surface area contributed by atoms with Gasteiger partial charge in [-0.3, -0.25) is 39.2 Å². The Hall–Kier alpha value is -6.78. The number of piperidine rings is 2. The molecular formula is C42H46N8O9. The van der Waals surface area contributed by atoms with E-state index in [1.54, 1.807) is 60.4 Å². The van der Waals surface area contributed by atoms with E-state index in [4.69, 9.17) is 0 Å². The van der Waals surface area contributed by atoms with E-state index in [0.717, 1.165) is 0 Å². The highest BCUT2D eigenvalue weighted by Gasteiger charge is 2.46. The summed E-state index contributed by atoms with van der Waals surface area (Å²) in [6, 6.07) is 12.9. The number of nitrogens with zero attached hydrogens (tertiary/aromatic N) is 5. The summed E-state index contributed by atoms with van der Waals surface area (Å²) in [6.07, 6.45) is 1.42.